The zero-order valence-corrected chi connectivity index (χ0v) is 6.96. The fourth-order valence-electron chi connectivity index (χ4n) is 0.744. The first-order chi connectivity index (χ1) is 5.83. The first kappa shape index (κ1) is 8.64. The first-order valence-electron chi connectivity index (χ1n) is 3.91. The molecule has 4 heteroatoms. The highest BCUT2D eigenvalue weighted by atomic mass is 16.3. The lowest BCUT2D eigenvalue weighted by atomic mass is 10.5. The van der Waals surface area contributed by atoms with Gasteiger partial charge in [0.2, 0.25) is 5.88 Å². The number of hydrogen-bond donors (Lipinski definition) is 2. The monoisotopic (exact) mass is 168 g/mol. The Labute approximate surface area is 70.9 Å². The van der Waals surface area contributed by atoms with Gasteiger partial charge < -0.3 is 9.73 Å². The molecule has 0 saturated carbocycles. The number of anilines is 1. The highest BCUT2D eigenvalue weighted by Crippen LogP contribution is 2.05. The van der Waals surface area contributed by atoms with Crippen molar-refractivity contribution in [2.75, 3.05) is 11.9 Å². The van der Waals surface area contributed by atoms with Crippen LogP contribution in [0.3, 0.4) is 0 Å². The van der Waals surface area contributed by atoms with Crippen molar-refractivity contribution in [1.82, 2.24) is 5.32 Å². The molecule has 0 aromatic carbocycles. The van der Waals surface area contributed by atoms with Gasteiger partial charge in [-0.2, -0.15) is 0 Å². The summed E-state index contributed by atoms with van der Waals surface area (Å²) >= 11 is 0. The summed E-state index contributed by atoms with van der Waals surface area (Å²) in [6.07, 6.45) is 2.43. The Kier molecular flexibility index (Phi) is 3.19. The lowest BCUT2D eigenvalue weighted by Crippen LogP contribution is -2.28. The Morgan fingerprint density at radius 1 is 1.67 bits per heavy atom. The maximum Gasteiger partial charge on any atom is 0.321 e. The standard InChI is InChI=1S/C8H12N2O2/c1-2-5-9-8(11)10-7-4-3-6-12-7/h3-4,6H,2,5H2,1H3,(H2,9,10,11). The van der Waals surface area contributed by atoms with Gasteiger partial charge in [0.15, 0.2) is 0 Å². The summed E-state index contributed by atoms with van der Waals surface area (Å²) in [6.45, 7) is 2.67. The Morgan fingerprint density at radius 3 is 3.08 bits per heavy atom. The number of hydrogen-bond acceptors (Lipinski definition) is 2. The van der Waals surface area contributed by atoms with Crippen LogP contribution in [-0.4, -0.2) is 12.6 Å². The summed E-state index contributed by atoms with van der Waals surface area (Å²) in [5.41, 5.74) is 0. The quantitative estimate of drug-likeness (QED) is 0.723. The minimum Gasteiger partial charge on any atom is -0.449 e. The van der Waals surface area contributed by atoms with Crippen molar-refractivity contribution in [1.29, 1.82) is 0 Å². The summed E-state index contributed by atoms with van der Waals surface area (Å²) in [5.74, 6) is 0.462. The lowest BCUT2D eigenvalue weighted by Gasteiger charge is -2.02. The van der Waals surface area contributed by atoms with Gasteiger partial charge in [0.1, 0.15) is 0 Å². The molecule has 0 aliphatic heterocycles. The number of urea groups is 1. The SMILES string of the molecule is CCCNC(=O)Nc1ccco1. The summed E-state index contributed by atoms with van der Waals surface area (Å²) in [4.78, 5) is 11.0. The number of amides is 2. The molecule has 0 radical (unpaired) electrons. The van der Waals surface area contributed by atoms with Crippen molar-refractivity contribution in [2.24, 2.45) is 0 Å². The van der Waals surface area contributed by atoms with Crippen LogP contribution >= 0.6 is 0 Å². The Bertz CT molecular complexity index is 231. The normalized spacial score (nSPS) is 9.42. The molecule has 0 aliphatic carbocycles. The molecular weight excluding hydrogens is 156 g/mol. The Morgan fingerprint density at radius 2 is 2.50 bits per heavy atom. The van der Waals surface area contributed by atoms with Crippen LogP contribution < -0.4 is 10.6 Å². The maximum absolute atomic E-state index is 11.0. The van der Waals surface area contributed by atoms with Crippen molar-refractivity contribution >= 4 is 11.9 Å². The van der Waals surface area contributed by atoms with Crippen molar-refractivity contribution < 1.29 is 9.21 Å². The molecule has 1 rings (SSSR count). The van der Waals surface area contributed by atoms with E-state index in [1.54, 1.807) is 12.1 Å². The topological polar surface area (TPSA) is 54.3 Å². The van der Waals surface area contributed by atoms with E-state index in [0.29, 0.717) is 12.4 Å². The fraction of sp³-hybridized carbons (Fsp3) is 0.375. The van der Waals surface area contributed by atoms with E-state index in [1.807, 2.05) is 6.92 Å². The van der Waals surface area contributed by atoms with Crippen LogP contribution in [0.1, 0.15) is 13.3 Å². The largest absolute Gasteiger partial charge is 0.449 e. The number of furan rings is 1. The van der Waals surface area contributed by atoms with Crippen LogP contribution in [0, 0.1) is 0 Å². The van der Waals surface area contributed by atoms with Gasteiger partial charge in [0.25, 0.3) is 0 Å². The molecule has 0 saturated heterocycles. The van der Waals surface area contributed by atoms with Gasteiger partial charge in [-0.1, -0.05) is 6.92 Å². The minimum absolute atomic E-state index is 0.230. The van der Waals surface area contributed by atoms with Crippen LogP contribution in [0.15, 0.2) is 22.8 Å². The number of carbonyl (C=O) groups is 1. The molecule has 0 spiro atoms. The van der Waals surface area contributed by atoms with E-state index in [4.69, 9.17) is 4.42 Å². The zero-order valence-electron chi connectivity index (χ0n) is 6.96. The van der Waals surface area contributed by atoms with E-state index in [0.717, 1.165) is 6.42 Å². The van der Waals surface area contributed by atoms with Crippen molar-refractivity contribution in [3.05, 3.63) is 18.4 Å². The average Bonchev–Trinajstić information content (AvgIpc) is 2.53. The fourth-order valence-corrected chi connectivity index (χ4v) is 0.744. The molecule has 1 aromatic heterocycles. The van der Waals surface area contributed by atoms with Gasteiger partial charge in [0.05, 0.1) is 6.26 Å². The predicted molar refractivity (Wildman–Crippen MR) is 46.0 cm³/mol. The molecule has 2 amide bonds. The summed E-state index contributed by atoms with van der Waals surface area (Å²) in [6, 6.07) is 3.17. The maximum atomic E-state index is 11.0. The summed E-state index contributed by atoms with van der Waals surface area (Å²) < 4.78 is 4.91. The van der Waals surface area contributed by atoms with Crippen molar-refractivity contribution in [2.45, 2.75) is 13.3 Å². The molecule has 4 nitrogen and oxygen atoms in total. The van der Waals surface area contributed by atoms with Crippen LogP contribution in [-0.2, 0) is 0 Å². The predicted octanol–water partition coefficient (Wildman–Crippen LogP) is 1.81. The van der Waals surface area contributed by atoms with E-state index in [9.17, 15) is 4.79 Å². The van der Waals surface area contributed by atoms with Crippen LogP contribution in [0.4, 0.5) is 10.7 Å². The first-order valence-corrected chi connectivity index (χ1v) is 3.91. The van der Waals surface area contributed by atoms with Gasteiger partial charge in [-0.05, 0) is 12.5 Å². The molecule has 1 aromatic rings. The van der Waals surface area contributed by atoms with E-state index >= 15 is 0 Å². The van der Waals surface area contributed by atoms with Crippen LogP contribution in [0.25, 0.3) is 0 Å². The average molecular weight is 168 g/mol. The van der Waals surface area contributed by atoms with Crippen molar-refractivity contribution in [3.8, 4) is 0 Å². The van der Waals surface area contributed by atoms with Gasteiger partial charge in [-0.15, -0.1) is 0 Å². The third kappa shape index (κ3) is 2.65. The molecule has 0 unspecified atom stereocenters. The van der Waals surface area contributed by atoms with E-state index < -0.39 is 0 Å². The van der Waals surface area contributed by atoms with Crippen LogP contribution in [0.5, 0.6) is 0 Å². The summed E-state index contributed by atoms with van der Waals surface area (Å²) in [5, 5.41) is 5.20. The third-order valence-electron chi connectivity index (χ3n) is 1.29. The Hall–Kier alpha value is -1.45. The zero-order chi connectivity index (χ0) is 8.81. The van der Waals surface area contributed by atoms with E-state index in [-0.39, 0.29) is 6.03 Å². The molecule has 0 aliphatic rings. The molecule has 2 N–H and O–H groups in total. The van der Waals surface area contributed by atoms with E-state index in [2.05, 4.69) is 10.6 Å². The molecule has 0 fully saturated rings. The van der Waals surface area contributed by atoms with Crippen molar-refractivity contribution in [3.63, 3.8) is 0 Å². The van der Waals surface area contributed by atoms with Crippen LogP contribution in [0.2, 0.25) is 0 Å². The molecule has 0 bridgehead atoms. The second kappa shape index (κ2) is 4.43. The van der Waals surface area contributed by atoms with E-state index in [1.165, 1.54) is 6.26 Å². The van der Waals surface area contributed by atoms with Gasteiger partial charge in [-0.25, -0.2) is 4.79 Å². The Balaban J connectivity index is 2.27. The molecule has 12 heavy (non-hydrogen) atoms. The third-order valence-corrected chi connectivity index (χ3v) is 1.29. The van der Waals surface area contributed by atoms with Gasteiger partial charge in [0, 0.05) is 12.6 Å². The second-order valence-corrected chi connectivity index (χ2v) is 2.36. The molecule has 0 atom stereocenters. The molecular formula is C8H12N2O2. The second-order valence-electron chi connectivity index (χ2n) is 2.36. The smallest absolute Gasteiger partial charge is 0.321 e. The van der Waals surface area contributed by atoms with Gasteiger partial charge in [-0.3, -0.25) is 5.32 Å². The number of rotatable bonds is 3. The number of carbonyl (C=O) groups excluding carboxylic acids is 1. The van der Waals surface area contributed by atoms with Gasteiger partial charge >= 0.3 is 6.03 Å². The highest BCUT2D eigenvalue weighted by Gasteiger charge is 2.00. The minimum atomic E-state index is -0.230. The molecule has 1 heterocycles. The molecule has 66 valence electrons. The lowest BCUT2D eigenvalue weighted by molar-refractivity contribution is 0.251. The number of nitrogens with one attached hydrogen (secondary N) is 2. The highest BCUT2D eigenvalue weighted by molar-refractivity contribution is 5.87. The summed E-state index contributed by atoms with van der Waals surface area (Å²) in [7, 11) is 0.